The van der Waals surface area contributed by atoms with E-state index in [2.05, 4.69) is 0 Å². The fraction of sp³-hybridized carbons (Fsp3) is 0.462. The fourth-order valence-electron chi connectivity index (χ4n) is 1.96. The number of carbonyl (C=O) groups excluding carboxylic acids is 1. The number of hydrogen-bond donors (Lipinski definition) is 0. The van der Waals surface area contributed by atoms with Crippen molar-refractivity contribution >= 4 is 5.78 Å². The Morgan fingerprint density at radius 3 is 2.41 bits per heavy atom. The molecule has 4 nitrogen and oxygen atoms in total. The molecule has 0 aromatic heterocycles. The predicted octanol–water partition coefficient (Wildman–Crippen LogP) is 2.66. The Balaban J connectivity index is 2.95. The van der Waals surface area contributed by atoms with Crippen molar-refractivity contribution in [3.05, 3.63) is 46.0 Å². The fourth-order valence-corrected chi connectivity index (χ4v) is 1.96. The van der Waals surface area contributed by atoms with Crippen molar-refractivity contribution < 1.29 is 9.72 Å². The lowest BCUT2D eigenvalue weighted by Gasteiger charge is -2.19. The summed E-state index contributed by atoms with van der Waals surface area (Å²) in [5, 5.41) is 10.7. The Labute approximate surface area is 101 Å². The van der Waals surface area contributed by atoms with Gasteiger partial charge in [0.05, 0.1) is 5.92 Å². The zero-order valence-electron chi connectivity index (χ0n) is 10.1. The van der Waals surface area contributed by atoms with Crippen LogP contribution in [0.3, 0.4) is 0 Å². The molecule has 0 bridgehead atoms. The molecule has 0 aliphatic rings. The van der Waals surface area contributed by atoms with E-state index >= 15 is 0 Å². The molecular formula is C13H17NO3. The summed E-state index contributed by atoms with van der Waals surface area (Å²) >= 11 is 0. The maximum atomic E-state index is 11.7. The summed E-state index contributed by atoms with van der Waals surface area (Å²) in [6.07, 6.45) is 0.419. The van der Waals surface area contributed by atoms with Gasteiger partial charge in [0.15, 0.2) is 0 Å². The topological polar surface area (TPSA) is 60.2 Å². The van der Waals surface area contributed by atoms with Crippen molar-refractivity contribution in [2.75, 3.05) is 6.54 Å². The molecule has 2 atom stereocenters. The first-order valence-electron chi connectivity index (χ1n) is 5.75. The second-order valence-electron chi connectivity index (χ2n) is 4.14. The zero-order chi connectivity index (χ0) is 12.8. The van der Waals surface area contributed by atoms with Gasteiger partial charge in [0, 0.05) is 17.3 Å². The van der Waals surface area contributed by atoms with Crippen molar-refractivity contribution in [2.45, 2.75) is 26.2 Å². The molecule has 1 rings (SSSR count). The maximum Gasteiger partial charge on any atom is 0.211 e. The lowest BCUT2D eigenvalue weighted by molar-refractivity contribution is -0.484. The van der Waals surface area contributed by atoms with Crippen molar-refractivity contribution in [2.24, 2.45) is 5.92 Å². The molecule has 0 radical (unpaired) electrons. The molecule has 92 valence electrons. The molecule has 0 saturated heterocycles. The van der Waals surface area contributed by atoms with Crippen LogP contribution < -0.4 is 0 Å². The molecule has 0 amide bonds. The summed E-state index contributed by atoms with van der Waals surface area (Å²) in [7, 11) is 0. The first-order chi connectivity index (χ1) is 8.06. The molecule has 17 heavy (non-hydrogen) atoms. The van der Waals surface area contributed by atoms with Crippen LogP contribution in [-0.4, -0.2) is 17.3 Å². The van der Waals surface area contributed by atoms with Crippen LogP contribution in [0.5, 0.6) is 0 Å². The van der Waals surface area contributed by atoms with Gasteiger partial charge in [-0.2, -0.15) is 0 Å². The Morgan fingerprint density at radius 2 is 1.94 bits per heavy atom. The number of ketones is 1. The van der Waals surface area contributed by atoms with Crippen LogP contribution in [0.4, 0.5) is 0 Å². The number of rotatable bonds is 6. The van der Waals surface area contributed by atoms with E-state index in [0.29, 0.717) is 6.42 Å². The number of Topliss-reactive ketones (excluding diaryl/α,β-unsaturated/α-hetero) is 1. The lowest BCUT2D eigenvalue weighted by Crippen LogP contribution is -2.25. The van der Waals surface area contributed by atoms with Crippen molar-refractivity contribution in [3.63, 3.8) is 0 Å². The van der Waals surface area contributed by atoms with Gasteiger partial charge in [0.1, 0.15) is 5.78 Å². The number of carbonyl (C=O) groups is 1. The molecule has 0 saturated carbocycles. The standard InChI is InChI=1S/C13H17NO3/c1-3-13(15)10(2)12(9-14(16)17)11-7-5-4-6-8-11/h4-8,10,12H,3,9H2,1-2H3/t10-,12+/m1/s1. The van der Waals surface area contributed by atoms with Crippen LogP contribution in [0.15, 0.2) is 30.3 Å². The highest BCUT2D eigenvalue weighted by Gasteiger charge is 2.28. The number of nitro groups is 1. The minimum atomic E-state index is -0.350. The first-order valence-corrected chi connectivity index (χ1v) is 5.75. The van der Waals surface area contributed by atoms with E-state index in [1.807, 2.05) is 30.3 Å². The Bertz CT molecular complexity index is 389. The van der Waals surface area contributed by atoms with Gasteiger partial charge in [0.25, 0.3) is 0 Å². The molecule has 0 aliphatic carbocycles. The molecule has 0 fully saturated rings. The number of hydrogen-bond acceptors (Lipinski definition) is 3. The van der Waals surface area contributed by atoms with Gasteiger partial charge in [0.2, 0.25) is 6.54 Å². The summed E-state index contributed by atoms with van der Waals surface area (Å²) in [4.78, 5) is 22.0. The van der Waals surface area contributed by atoms with Crippen molar-refractivity contribution in [1.29, 1.82) is 0 Å². The molecule has 0 unspecified atom stereocenters. The molecule has 0 spiro atoms. The lowest BCUT2D eigenvalue weighted by atomic mass is 9.84. The van der Waals surface area contributed by atoms with Gasteiger partial charge in [-0.3, -0.25) is 14.9 Å². The van der Waals surface area contributed by atoms with Crippen LogP contribution in [0, 0.1) is 16.0 Å². The first kappa shape index (κ1) is 13.4. The van der Waals surface area contributed by atoms with Crippen molar-refractivity contribution in [3.8, 4) is 0 Å². The van der Waals surface area contributed by atoms with Gasteiger partial charge in [-0.05, 0) is 5.56 Å². The van der Waals surface area contributed by atoms with Crippen LogP contribution in [0.2, 0.25) is 0 Å². The summed E-state index contributed by atoms with van der Waals surface area (Å²) in [5.41, 5.74) is 0.860. The van der Waals surface area contributed by atoms with Gasteiger partial charge in [-0.25, -0.2) is 0 Å². The Kier molecular flexibility index (Phi) is 4.82. The Hall–Kier alpha value is -1.71. The molecule has 0 N–H and O–H groups in total. The highest BCUT2D eigenvalue weighted by atomic mass is 16.6. The van der Waals surface area contributed by atoms with E-state index in [1.165, 1.54) is 0 Å². The average Bonchev–Trinajstić information content (AvgIpc) is 2.35. The zero-order valence-corrected chi connectivity index (χ0v) is 10.1. The smallest absolute Gasteiger partial charge is 0.211 e. The third kappa shape index (κ3) is 3.66. The van der Waals surface area contributed by atoms with E-state index in [0.717, 1.165) is 5.56 Å². The second-order valence-corrected chi connectivity index (χ2v) is 4.14. The molecule has 1 aromatic rings. The van der Waals surface area contributed by atoms with Crippen LogP contribution >= 0.6 is 0 Å². The quantitative estimate of drug-likeness (QED) is 0.562. The molecule has 0 aliphatic heterocycles. The van der Waals surface area contributed by atoms with E-state index in [4.69, 9.17) is 0 Å². The normalized spacial score (nSPS) is 14.0. The van der Waals surface area contributed by atoms with Gasteiger partial charge >= 0.3 is 0 Å². The molecule has 1 aromatic carbocycles. The highest BCUT2D eigenvalue weighted by Crippen LogP contribution is 2.26. The van der Waals surface area contributed by atoms with Crippen molar-refractivity contribution in [1.82, 2.24) is 0 Å². The number of nitrogens with zero attached hydrogens (tertiary/aromatic N) is 1. The maximum absolute atomic E-state index is 11.7. The summed E-state index contributed by atoms with van der Waals surface area (Å²) in [6.45, 7) is 3.36. The predicted molar refractivity (Wildman–Crippen MR) is 65.5 cm³/mol. The minimum absolute atomic E-state index is 0.0701. The van der Waals surface area contributed by atoms with E-state index in [-0.39, 0.29) is 29.1 Å². The summed E-state index contributed by atoms with van der Waals surface area (Å²) in [6, 6.07) is 9.22. The SMILES string of the molecule is CCC(=O)[C@H](C)[C@H](C[N+](=O)[O-])c1ccccc1. The third-order valence-electron chi connectivity index (χ3n) is 3.03. The van der Waals surface area contributed by atoms with Gasteiger partial charge in [-0.15, -0.1) is 0 Å². The third-order valence-corrected chi connectivity index (χ3v) is 3.03. The van der Waals surface area contributed by atoms with E-state index in [9.17, 15) is 14.9 Å². The number of benzene rings is 1. The minimum Gasteiger partial charge on any atom is -0.299 e. The molecule has 4 heteroatoms. The Morgan fingerprint density at radius 1 is 1.35 bits per heavy atom. The van der Waals surface area contributed by atoms with Crippen LogP contribution in [0.25, 0.3) is 0 Å². The molecule has 0 heterocycles. The van der Waals surface area contributed by atoms with Gasteiger partial charge in [-0.1, -0.05) is 44.2 Å². The molecular weight excluding hydrogens is 218 g/mol. The van der Waals surface area contributed by atoms with Crippen LogP contribution in [0.1, 0.15) is 31.7 Å². The second kappa shape index (κ2) is 6.13. The average molecular weight is 235 g/mol. The van der Waals surface area contributed by atoms with E-state index < -0.39 is 0 Å². The van der Waals surface area contributed by atoms with Crippen LogP contribution in [-0.2, 0) is 4.79 Å². The van der Waals surface area contributed by atoms with Gasteiger partial charge < -0.3 is 0 Å². The largest absolute Gasteiger partial charge is 0.299 e. The summed E-state index contributed by atoms with van der Waals surface area (Å²) in [5.74, 6) is -0.577. The summed E-state index contributed by atoms with van der Waals surface area (Å²) < 4.78 is 0. The van der Waals surface area contributed by atoms with E-state index in [1.54, 1.807) is 13.8 Å². The highest BCUT2D eigenvalue weighted by molar-refractivity contribution is 5.81. The monoisotopic (exact) mass is 235 g/mol.